The highest BCUT2D eigenvalue weighted by molar-refractivity contribution is 7.16. The van der Waals surface area contributed by atoms with Crippen LogP contribution < -0.4 is 0 Å². The predicted molar refractivity (Wildman–Crippen MR) is 78.8 cm³/mol. The monoisotopic (exact) mass is 283 g/mol. The maximum absolute atomic E-state index is 6.88. The molecule has 1 aliphatic rings. The molecule has 1 fully saturated rings. The maximum atomic E-state index is 6.88. The summed E-state index contributed by atoms with van der Waals surface area (Å²) < 4.78 is 8.62. The summed E-state index contributed by atoms with van der Waals surface area (Å²) in [6.07, 6.45) is 0.0830. The van der Waals surface area contributed by atoms with E-state index in [0.29, 0.717) is 6.04 Å². The lowest BCUT2D eigenvalue weighted by molar-refractivity contribution is 0.202. The average molecular weight is 284 g/mol. The summed E-state index contributed by atoms with van der Waals surface area (Å²) in [7, 11) is -0.299. The van der Waals surface area contributed by atoms with Crippen LogP contribution in [0.25, 0.3) is 0 Å². The molecule has 100 valence electrons. The highest BCUT2D eigenvalue weighted by Gasteiger charge is 2.59. The molecule has 18 heavy (non-hydrogen) atoms. The molecule has 3 atom stereocenters. The van der Waals surface area contributed by atoms with Gasteiger partial charge in [0.25, 0.3) is 0 Å². The van der Waals surface area contributed by atoms with E-state index in [1.54, 1.807) is 0 Å². The topological polar surface area (TPSA) is 12.5 Å². The number of nitrogens with zero attached hydrogens (tertiary/aromatic N) is 1. The maximum Gasteiger partial charge on any atom is 0.379 e. The van der Waals surface area contributed by atoms with E-state index in [0.717, 1.165) is 0 Å². The van der Waals surface area contributed by atoms with E-state index in [1.807, 2.05) is 6.07 Å². The summed E-state index contributed by atoms with van der Waals surface area (Å²) in [6, 6.07) is 10.7. The van der Waals surface area contributed by atoms with E-state index in [4.69, 9.17) is 15.5 Å². The zero-order valence-corrected chi connectivity index (χ0v) is 13.5. The van der Waals surface area contributed by atoms with Gasteiger partial charge in [0.1, 0.15) is 0 Å². The van der Waals surface area contributed by atoms with Crippen molar-refractivity contribution in [2.75, 3.05) is 7.05 Å². The summed E-state index contributed by atoms with van der Waals surface area (Å²) >= 11 is 6.88. The van der Waals surface area contributed by atoms with Crippen molar-refractivity contribution < 1.29 is 4.43 Å². The lowest BCUT2D eigenvalue weighted by Crippen LogP contribution is -2.52. The number of halogens is 1. The van der Waals surface area contributed by atoms with Crippen LogP contribution in [0.1, 0.15) is 39.4 Å². The Morgan fingerprint density at radius 3 is 2.22 bits per heavy atom. The van der Waals surface area contributed by atoms with Gasteiger partial charge in [-0.15, -0.1) is 11.1 Å². The van der Waals surface area contributed by atoms with E-state index in [2.05, 4.69) is 63.6 Å². The van der Waals surface area contributed by atoms with Crippen molar-refractivity contribution in [3.8, 4) is 0 Å². The highest BCUT2D eigenvalue weighted by Crippen LogP contribution is 2.50. The van der Waals surface area contributed by atoms with Crippen LogP contribution in [0, 0.1) is 0 Å². The second-order valence-corrected chi connectivity index (χ2v) is 11.2. The second kappa shape index (κ2) is 4.64. The molecule has 2 rings (SSSR count). The molecule has 1 aromatic rings. The molecule has 0 spiro atoms. The standard InChI is InChI=1S/C14H22ClNOSi/c1-11-13(12-9-7-6-8-10-12)17-18(15,16(11)5)14(2,3)4/h6-11,13H,1-5H3/t11-,13+,18?/m0/s1. The van der Waals surface area contributed by atoms with Gasteiger partial charge in [0, 0.05) is 11.1 Å². The Kier molecular flexibility index (Phi) is 3.62. The zero-order valence-electron chi connectivity index (χ0n) is 11.8. The van der Waals surface area contributed by atoms with Gasteiger partial charge >= 0.3 is 7.79 Å². The number of hydrogen-bond acceptors (Lipinski definition) is 2. The molecule has 1 unspecified atom stereocenters. The van der Waals surface area contributed by atoms with Crippen molar-refractivity contribution in [1.29, 1.82) is 0 Å². The minimum Gasteiger partial charge on any atom is -0.383 e. The van der Waals surface area contributed by atoms with Crippen LogP contribution in [0.4, 0.5) is 0 Å². The fourth-order valence-corrected chi connectivity index (χ4v) is 6.17. The van der Waals surface area contributed by atoms with Crippen molar-refractivity contribution in [2.45, 2.75) is 44.9 Å². The molecule has 0 aliphatic carbocycles. The van der Waals surface area contributed by atoms with Gasteiger partial charge in [0.15, 0.2) is 0 Å². The molecule has 1 aromatic carbocycles. The van der Waals surface area contributed by atoms with Crippen LogP contribution in [0.5, 0.6) is 0 Å². The molecule has 1 heterocycles. The van der Waals surface area contributed by atoms with Crippen LogP contribution in [-0.2, 0) is 4.43 Å². The van der Waals surface area contributed by atoms with Gasteiger partial charge in [-0.2, -0.15) is 0 Å². The highest BCUT2D eigenvalue weighted by atomic mass is 35.6. The third-order valence-corrected chi connectivity index (χ3v) is 10.3. The summed E-state index contributed by atoms with van der Waals surface area (Å²) in [6.45, 7) is 8.70. The fraction of sp³-hybridized carbons (Fsp3) is 0.571. The Balaban J connectivity index is 2.34. The van der Waals surface area contributed by atoms with E-state index >= 15 is 0 Å². The summed E-state index contributed by atoms with van der Waals surface area (Å²) in [5, 5.41) is -0.0128. The predicted octanol–water partition coefficient (Wildman–Crippen LogP) is 4.06. The molecule has 1 aliphatic heterocycles. The normalized spacial score (nSPS) is 33.9. The number of likely N-dealkylation sites (N-methyl/N-ethyl adjacent to an activating group) is 1. The smallest absolute Gasteiger partial charge is 0.379 e. The van der Waals surface area contributed by atoms with Gasteiger partial charge < -0.3 is 4.43 Å². The van der Waals surface area contributed by atoms with Crippen molar-refractivity contribution in [3.05, 3.63) is 35.9 Å². The Labute approximate surface area is 116 Å². The molecule has 0 bridgehead atoms. The first kappa shape index (κ1) is 14.1. The van der Waals surface area contributed by atoms with E-state index in [1.165, 1.54) is 5.56 Å². The van der Waals surface area contributed by atoms with Gasteiger partial charge in [-0.3, -0.25) is 4.57 Å². The van der Waals surface area contributed by atoms with Crippen LogP contribution in [0.2, 0.25) is 5.04 Å². The minimum absolute atomic E-state index is 0.0128. The van der Waals surface area contributed by atoms with Crippen LogP contribution in [0.15, 0.2) is 30.3 Å². The third kappa shape index (κ3) is 2.14. The van der Waals surface area contributed by atoms with Gasteiger partial charge in [-0.05, 0) is 19.5 Å². The van der Waals surface area contributed by atoms with Gasteiger partial charge in [-0.1, -0.05) is 51.1 Å². The SMILES string of the molecule is C[C@H]1[C@H](c2ccccc2)O[Si](Cl)(C(C)(C)C)N1C. The Bertz CT molecular complexity index is 420. The van der Waals surface area contributed by atoms with E-state index in [-0.39, 0.29) is 11.1 Å². The number of hydrogen-bond donors (Lipinski definition) is 0. The summed E-state index contributed by atoms with van der Waals surface area (Å²) in [4.78, 5) is 0. The van der Waals surface area contributed by atoms with E-state index < -0.39 is 7.79 Å². The Hall–Kier alpha value is -0.353. The molecule has 4 heteroatoms. The van der Waals surface area contributed by atoms with E-state index in [9.17, 15) is 0 Å². The van der Waals surface area contributed by atoms with Crippen molar-refractivity contribution in [1.82, 2.24) is 4.57 Å². The first-order chi connectivity index (χ1) is 8.27. The molecule has 0 N–H and O–H groups in total. The zero-order chi connectivity index (χ0) is 13.6. The van der Waals surface area contributed by atoms with Crippen LogP contribution in [0.3, 0.4) is 0 Å². The molecule has 1 saturated heterocycles. The van der Waals surface area contributed by atoms with Gasteiger partial charge in [-0.25, -0.2) is 0 Å². The van der Waals surface area contributed by atoms with Gasteiger partial charge in [0.2, 0.25) is 0 Å². The Morgan fingerprint density at radius 2 is 1.78 bits per heavy atom. The fourth-order valence-electron chi connectivity index (χ4n) is 2.51. The molecular formula is C14H22ClNOSi. The minimum atomic E-state index is -2.39. The summed E-state index contributed by atoms with van der Waals surface area (Å²) in [5.41, 5.74) is 1.22. The van der Waals surface area contributed by atoms with Crippen molar-refractivity contribution in [2.24, 2.45) is 0 Å². The van der Waals surface area contributed by atoms with Crippen LogP contribution in [-0.4, -0.2) is 25.4 Å². The molecule has 0 radical (unpaired) electrons. The molecule has 2 nitrogen and oxygen atoms in total. The molecule has 0 saturated carbocycles. The first-order valence-electron chi connectivity index (χ1n) is 6.42. The quantitative estimate of drug-likeness (QED) is 0.569. The van der Waals surface area contributed by atoms with Crippen molar-refractivity contribution in [3.63, 3.8) is 0 Å². The Morgan fingerprint density at radius 1 is 1.22 bits per heavy atom. The largest absolute Gasteiger partial charge is 0.383 e. The third-order valence-electron chi connectivity index (χ3n) is 3.84. The number of benzene rings is 1. The molecule has 0 aromatic heterocycles. The van der Waals surface area contributed by atoms with Crippen molar-refractivity contribution >= 4 is 18.9 Å². The van der Waals surface area contributed by atoms with Crippen LogP contribution >= 0.6 is 11.1 Å². The average Bonchev–Trinajstić information content (AvgIpc) is 2.55. The summed E-state index contributed by atoms with van der Waals surface area (Å²) in [5.74, 6) is 0. The molecule has 0 amide bonds. The molecular weight excluding hydrogens is 262 g/mol. The van der Waals surface area contributed by atoms with Gasteiger partial charge in [0.05, 0.1) is 6.10 Å². The lowest BCUT2D eigenvalue weighted by atomic mass is 10.0. The lowest BCUT2D eigenvalue weighted by Gasteiger charge is -2.37. The second-order valence-electron chi connectivity index (χ2n) is 6.11. The number of rotatable bonds is 1. The first-order valence-corrected chi connectivity index (χ1v) is 9.29.